The highest BCUT2D eigenvalue weighted by molar-refractivity contribution is 5.80. The van der Waals surface area contributed by atoms with Gasteiger partial charge in [-0.15, -0.1) is 0 Å². The number of carboxylic acids is 1. The molecule has 0 aliphatic carbocycles. The number of rotatable bonds is 5. The first-order chi connectivity index (χ1) is 12.0. The van der Waals surface area contributed by atoms with E-state index in [2.05, 4.69) is 0 Å². The molecule has 5 nitrogen and oxygen atoms in total. The second kappa shape index (κ2) is 7.61. The van der Waals surface area contributed by atoms with Gasteiger partial charge in [-0.25, -0.2) is 4.39 Å². The highest BCUT2D eigenvalue weighted by atomic mass is 19.4. The van der Waals surface area contributed by atoms with Gasteiger partial charge >= 0.3 is 12.1 Å². The molecule has 0 spiro atoms. The van der Waals surface area contributed by atoms with Crippen LogP contribution in [0, 0.1) is 11.2 Å². The van der Waals surface area contributed by atoms with Gasteiger partial charge in [0.05, 0.1) is 12.5 Å². The summed E-state index contributed by atoms with van der Waals surface area (Å²) in [5, 5.41) is 20.0. The molecule has 1 heterocycles. The van der Waals surface area contributed by atoms with E-state index in [1.54, 1.807) is 0 Å². The second-order valence-corrected chi connectivity index (χ2v) is 6.50. The minimum absolute atomic E-state index is 0.0176. The molecule has 1 aromatic rings. The van der Waals surface area contributed by atoms with Crippen LogP contribution < -0.4 is 0 Å². The SMILES string of the molecule is O=C(CCC(F)(F)F)N1CC[C@@H](O)[C@](Cc2ccc(F)cc2)(C(=O)O)C1. The number of benzene rings is 1. The van der Waals surface area contributed by atoms with Crippen LogP contribution in [-0.4, -0.2) is 52.4 Å². The number of alkyl halides is 3. The van der Waals surface area contributed by atoms with Gasteiger partial charge in [0.2, 0.25) is 5.91 Å². The smallest absolute Gasteiger partial charge is 0.389 e. The van der Waals surface area contributed by atoms with Crippen LogP contribution in [0.1, 0.15) is 24.8 Å². The average Bonchev–Trinajstić information content (AvgIpc) is 2.56. The van der Waals surface area contributed by atoms with Crippen molar-refractivity contribution in [2.45, 2.75) is 38.0 Å². The predicted octanol–water partition coefficient (Wildman–Crippen LogP) is 2.37. The maximum atomic E-state index is 13.0. The van der Waals surface area contributed by atoms with Gasteiger partial charge in [0.1, 0.15) is 11.2 Å². The van der Waals surface area contributed by atoms with E-state index in [0.29, 0.717) is 5.56 Å². The van der Waals surface area contributed by atoms with Crippen LogP contribution in [0.25, 0.3) is 0 Å². The van der Waals surface area contributed by atoms with Crippen LogP contribution >= 0.6 is 0 Å². The van der Waals surface area contributed by atoms with Crippen molar-refractivity contribution in [2.75, 3.05) is 13.1 Å². The monoisotopic (exact) mass is 377 g/mol. The van der Waals surface area contributed by atoms with E-state index in [1.807, 2.05) is 0 Å². The van der Waals surface area contributed by atoms with Gasteiger partial charge in [-0.1, -0.05) is 12.1 Å². The van der Waals surface area contributed by atoms with Crippen molar-refractivity contribution in [1.29, 1.82) is 0 Å². The summed E-state index contributed by atoms with van der Waals surface area (Å²) < 4.78 is 50.0. The maximum Gasteiger partial charge on any atom is 0.389 e. The Morgan fingerprint density at radius 2 is 1.85 bits per heavy atom. The van der Waals surface area contributed by atoms with Crippen molar-refractivity contribution in [1.82, 2.24) is 4.90 Å². The first-order valence-electron chi connectivity index (χ1n) is 8.04. The standard InChI is InChI=1S/C17H19F4NO4/c18-12-3-1-11(2-4-12)9-16(15(25)26)10-22(8-6-13(16)23)14(24)5-7-17(19,20)21/h1-4,13,23H,5-10H2,(H,25,26)/t13-,16-/m1/s1. The molecule has 0 aromatic heterocycles. The lowest BCUT2D eigenvalue weighted by atomic mass is 9.72. The molecule has 0 unspecified atom stereocenters. The Balaban J connectivity index is 2.19. The number of hydrogen-bond donors (Lipinski definition) is 2. The lowest BCUT2D eigenvalue weighted by Gasteiger charge is -2.43. The van der Waals surface area contributed by atoms with E-state index in [1.165, 1.54) is 12.1 Å². The summed E-state index contributed by atoms with van der Waals surface area (Å²) in [6.45, 7) is -0.423. The normalized spacial score (nSPS) is 23.7. The minimum atomic E-state index is -4.48. The van der Waals surface area contributed by atoms with E-state index in [-0.39, 0.29) is 19.4 Å². The number of carboxylic acid groups (broad SMARTS) is 1. The summed E-state index contributed by atoms with van der Waals surface area (Å²) in [4.78, 5) is 25.0. The molecule has 9 heteroatoms. The quantitative estimate of drug-likeness (QED) is 0.773. The maximum absolute atomic E-state index is 13.0. The molecule has 1 aromatic carbocycles. The molecule has 144 valence electrons. The number of aliphatic hydroxyl groups is 1. The fourth-order valence-corrected chi connectivity index (χ4v) is 3.13. The van der Waals surface area contributed by atoms with Gasteiger partial charge in [0, 0.05) is 19.5 Å². The zero-order chi connectivity index (χ0) is 19.5. The van der Waals surface area contributed by atoms with E-state index in [9.17, 15) is 37.4 Å². The number of piperidine rings is 1. The number of aliphatic hydroxyl groups excluding tert-OH is 1. The number of aliphatic carboxylic acids is 1. The van der Waals surface area contributed by atoms with Gasteiger partial charge < -0.3 is 15.1 Å². The Bertz CT molecular complexity index is 662. The van der Waals surface area contributed by atoms with Crippen molar-refractivity contribution < 1.29 is 37.4 Å². The van der Waals surface area contributed by atoms with Crippen LogP contribution in [0.3, 0.4) is 0 Å². The molecule has 2 atom stereocenters. The third-order valence-electron chi connectivity index (χ3n) is 4.62. The lowest BCUT2D eigenvalue weighted by Crippen LogP contribution is -2.58. The molecule has 1 amide bonds. The highest BCUT2D eigenvalue weighted by Crippen LogP contribution is 2.35. The molecule has 1 aliphatic heterocycles. The molecular formula is C17H19F4NO4. The third-order valence-corrected chi connectivity index (χ3v) is 4.62. The summed E-state index contributed by atoms with van der Waals surface area (Å²) in [5.41, 5.74) is -1.32. The fraction of sp³-hybridized carbons (Fsp3) is 0.529. The Kier molecular flexibility index (Phi) is 5.90. The van der Waals surface area contributed by atoms with Gasteiger partial charge in [-0.2, -0.15) is 13.2 Å². The van der Waals surface area contributed by atoms with Gasteiger partial charge in [-0.3, -0.25) is 9.59 Å². The number of halogens is 4. The van der Waals surface area contributed by atoms with E-state index in [4.69, 9.17) is 0 Å². The van der Waals surface area contributed by atoms with Crippen molar-refractivity contribution in [3.8, 4) is 0 Å². The average molecular weight is 377 g/mol. The van der Waals surface area contributed by atoms with E-state index >= 15 is 0 Å². The predicted molar refractivity (Wildman–Crippen MR) is 82.7 cm³/mol. The molecule has 0 radical (unpaired) electrons. The summed E-state index contributed by atoms with van der Waals surface area (Å²) >= 11 is 0. The largest absolute Gasteiger partial charge is 0.481 e. The van der Waals surface area contributed by atoms with Crippen LogP contribution in [-0.2, 0) is 16.0 Å². The van der Waals surface area contributed by atoms with Gasteiger partial charge in [0.25, 0.3) is 0 Å². The number of amides is 1. The van der Waals surface area contributed by atoms with Crippen LogP contribution in [0.15, 0.2) is 24.3 Å². The van der Waals surface area contributed by atoms with Gasteiger partial charge in [-0.05, 0) is 30.5 Å². The molecule has 26 heavy (non-hydrogen) atoms. The third kappa shape index (κ3) is 4.72. The topological polar surface area (TPSA) is 77.8 Å². The number of hydrogen-bond acceptors (Lipinski definition) is 3. The number of nitrogens with zero attached hydrogens (tertiary/aromatic N) is 1. The van der Waals surface area contributed by atoms with Crippen molar-refractivity contribution >= 4 is 11.9 Å². The summed E-state index contributed by atoms with van der Waals surface area (Å²) in [7, 11) is 0. The molecule has 0 saturated carbocycles. The van der Waals surface area contributed by atoms with Gasteiger partial charge in [0.15, 0.2) is 0 Å². The zero-order valence-electron chi connectivity index (χ0n) is 13.8. The van der Waals surface area contributed by atoms with E-state index < -0.39 is 54.8 Å². The number of likely N-dealkylation sites (tertiary alicyclic amines) is 1. The molecule has 1 fully saturated rings. The van der Waals surface area contributed by atoms with Crippen molar-refractivity contribution in [2.24, 2.45) is 5.41 Å². The number of carbonyl (C=O) groups is 2. The Hall–Kier alpha value is -2.16. The first kappa shape index (κ1) is 20.2. The Morgan fingerprint density at radius 1 is 1.23 bits per heavy atom. The summed E-state index contributed by atoms with van der Waals surface area (Å²) in [6, 6.07) is 5.03. The second-order valence-electron chi connectivity index (χ2n) is 6.50. The fourth-order valence-electron chi connectivity index (χ4n) is 3.13. The molecule has 0 bridgehead atoms. The lowest BCUT2D eigenvalue weighted by molar-refractivity contribution is -0.168. The zero-order valence-corrected chi connectivity index (χ0v) is 13.8. The molecular weight excluding hydrogens is 358 g/mol. The van der Waals surface area contributed by atoms with Crippen LogP contribution in [0.5, 0.6) is 0 Å². The van der Waals surface area contributed by atoms with Crippen molar-refractivity contribution in [3.05, 3.63) is 35.6 Å². The van der Waals surface area contributed by atoms with E-state index in [0.717, 1.165) is 17.0 Å². The number of carbonyl (C=O) groups excluding carboxylic acids is 1. The highest BCUT2D eigenvalue weighted by Gasteiger charge is 2.50. The summed E-state index contributed by atoms with van der Waals surface area (Å²) in [5.74, 6) is -2.67. The Morgan fingerprint density at radius 3 is 2.38 bits per heavy atom. The molecule has 2 N–H and O–H groups in total. The first-order valence-corrected chi connectivity index (χ1v) is 8.04. The molecule has 2 rings (SSSR count). The summed E-state index contributed by atoms with van der Waals surface area (Å²) in [6.07, 6.45) is -8.06. The minimum Gasteiger partial charge on any atom is -0.481 e. The van der Waals surface area contributed by atoms with Crippen LogP contribution in [0.2, 0.25) is 0 Å². The molecule has 1 saturated heterocycles. The van der Waals surface area contributed by atoms with Crippen LogP contribution in [0.4, 0.5) is 17.6 Å². The molecule has 1 aliphatic rings. The van der Waals surface area contributed by atoms with Crippen molar-refractivity contribution in [3.63, 3.8) is 0 Å². The Labute approximate surface area is 147 Å².